The van der Waals surface area contributed by atoms with Gasteiger partial charge in [0.2, 0.25) is 0 Å². The first-order valence-corrected chi connectivity index (χ1v) is 7.85. The molecule has 110 valence electrons. The number of pyridine rings is 1. The molecule has 0 saturated heterocycles. The van der Waals surface area contributed by atoms with Gasteiger partial charge in [-0.25, -0.2) is 4.98 Å². The number of aromatic amines is 1. The lowest BCUT2D eigenvalue weighted by Gasteiger charge is -2.12. The lowest BCUT2D eigenvalue weighted by atomic mass is 9.94. The fraction of sp³-hybridized carbons (Fsp3) is 0.222. The van der Waals surface area contributed by atoms with E-state index in [9.17, 15) is 0 Å². The molecule has 22 heavy (non-hydrogen) atoms. The van der Waals surface area contributed by atoms with Gasteiger partial charge in [-0.15, -0.1) is 0 Å². The van der Waals surface area contributed by atoms with Crippen molar-refractivity contribution in [3.8, 4) is 11.5 Å². The van der Waals surface area contributed by atoms with Crippen LogP contribution < -0.4 is 0 Å². The number of hydrogen-bond acceptors (Lipinski definition) is 2. The van der Waals surface area contributed by atoms with Crippen molar-refractivity contribution in [2.24, 2.45) is 0 Å². The lowest BCUT2D eigenvalue weighted by molar-refractivity contribution is 0.667. The van der Waals surface area contributed by atoms with Crippen molar-refractivity contribution in [2.45, 2.75) is 24.7 Å². The average molecular weight is 310 g/mol. The van der Waals surface area contributed by atoms with E-state index < -0.39 is 0 Å². The predicted molar refractivity (Wildman–Crippen MR) is 87.9 cm³/mol. The summed E-state index contributed by atoms with van der Waals surface area (Å²) < 4.78 is 0. The molecule has 0 radical (unpaired) electrons. The third kappa shape index (κ3) is 2.53. The molecule has 3 aromatic rings. The summed E-state index contributed by atoms with van der Waals surface area (Å²) in [6.45, 7) is 0. The smallest absolute Gasteiger partial charge is 0.156 e. The quantitative estimate of drug-likeness (QED) is 0.776. The summed E-state index contributed by atoms with van der Waals surface area (Å²) in [6, 6.07) is 14.2. The van der Waals surface area contributed by atoms with E-state index in [1.165, 1.54) is 18.4 Å². The normalized spacial score (nSPS) is 15.7. The molecule has 0 aliphatic heterocycles. The van der Waals surface area contributed by atoms with Crippen molar-refractivity contribution in [3.63, 3.8) is 0 Å². The highest BCUT2D eigenvalue weighted by Gasteiger charge is 2.46. The van der Waals surface area contributed by atoms with Crippen LogP contribution in [0, 0.1) is 0 Å². The largest absolute Gasteiger partial charge is 0.343 e. The van der Waals surface area contributed by atoms with Crippen molar-refractivity contribution in [3.05, 3.63) is 71.1 Å². The molecule has 0 atom stereocenters. The molecule has 1 N–H and O–H groups in total. The molecule has 1 aliphatic rings. The summed E-state index contributed by atoms with van der Waals surface area (Å²) in [5.41, 5.74) is 3.47. The first kappa shape index (κ1) is 13.5. The third-order valence-corrected chi connectivity index (χ3v) is 4.56. The van der Waals surface area contributed by atoms with E-state index in [0.29, 0.717) is 5.02 Å². The molecule has 0 unspecified atom stereocenters. The Balaban J connectivity index is 1.61. The van der Waals surface area contributed by atoms with Crippen molar-refractivity contribution >= 4 is 11.6 Å². The van der Waals surface area contributed by atoms with Gasteiger partial charge < -0.3 is 4.98 Å². The molecule has 0 spiro atoms. The van der Waals surface area contributed by atoms with Crippen molar-refractivity contribution < 1.29 is 0 Å². The van der Waals surface area contributed by atoms with Crippen LogP contribution in [0.1, 0.15) is 24.1 Å². The summed E-state index contributed by atoms with van der Waals surface area (Å²) in [5, 5.41) is 0.674. The molecule has 2 heterocycles. The number of aromatic nitrogens is 3. The molecule has 3 nitrogen and oxygen atoms in total. The van der Waals surface area contributed by atoms with E-state index in [4.69, 9.17) is 16.6 Å². The van der Waals surface area contributed by atoms with Gasteiger partial charge >= 0.3 is 0 Å². The van der Waals surface area contributed by atoms with E-state index in [0.717, 1.165) is 23.6 Å². The maximum absolute atomic E-state index is 6.03. The Morgan fingerprint density at radius 2 is 1.95 bits per heavy atom. The minimum atomic E-state index is 0.189. The van der Waals surface area contributed by atoms with Crippen LogP contribution in [0.25, 0.3) is 11.5 Å². The number of H-pyrrole nitrogens is 1. The van der Waals surface area contributed by atoms with Crippen LogP contribution in [0.2, 0.25) is 5.02 Å². The molecular formula is C18H16ClN3. The molecule has 4 rings (SSSR count). The van der Waals surface area contributed by atoms with E-state index in [1.54, 1.807) is 12.3 Å². The molecule has 1 aliphatic carbocycles. The predicted octanol–water partition coefficient (Wildman–Crippen LogP) is 4.40. The van der Waals surface area contributed by atoms with Crippen LogP contribution >= 0.6 is 11.6 Å². The molecule has 1 saturated carbocycles. The molecule has 1 fully saturated rings. The lowest BCUT2D eigenvalue weighted by Crippen LogP contribution is -2.11. The van der Waals surface area contributed by atoms with Gasteiger partial charge in [0.25, 0.3) is 0 Å². The summed E-state index contributed by atoms with van der Waals surface area (Å²) in [4.78, 5) is 12.4. The number of benzene rings is 1. The zero-order valence-electron chi connectivity index (χ0n) is 12.1. The number of rotatable bonds is 4. The summed E-state index contributed by atoms with van der Waals surface area (Å²) in [6.07, 6.45) is 7.15. The summed E-state index contributed by atoms with van der Waals surface area (Å²) >= 11 is 6.03. The fourth-order valence-electron chi connectivity index (χ4n) is 2.92. The molecule has 0 bridgehead atoms. The Morgan fingerprint density at radius 3 is 2.68 bits per heavy atom. The Kier molecular flexibility index (Phi) is 3.23. The second-order valence-corrected chi connectivity index (χ2v) is 6.37. The Labute approximate surface area is 134 Å². The van der Waals surface area contributed by atoms with Gasteiger partial charge in [0.05, 0.1) is 5.69 Å². The molecular weight excluding hydrogens is 294 g/mol. The SMILES string of the molecule is Clc1ccnc(-c2nc(C3(Cc4ccccc4)CC3)c[nH]2)c1. The highest BCUT2D eigenvalue weighted by molar-refractivity contribution is 6.30. The van der Waals surface area contributed by atoms with Gasteiger partial charge in [-0.05, 0) is 37.0 Å². The first-order chi connectivity index (χ1) is 10.8. The van der Waals surface area contributed by atoms with Crippen LogP contribution in [-0.4, -0.2) is 15.0 Å². The van der Waals surface area contributed by atoms with Gasteiger partial charge in [-0.2, -0.15) is 0 Å². The Morgan fingerprint density at radius 1 is 1.14 bits per heavy atom. The maximum Gasteiger partial charge on any atom is 0.156 e. The van der Waals surface area contributed by atoms with Gasteiger partial charge in [-0.3, -0.25) is 4.98 Å². The zero-order chi connectivity index (χ0) is 15.0. The van der Waals surface area contributed by atoms with E-state index in [1.807, 2.05) is 12.3 Å². The number of halogens is 1. The summed E-state index contributed by atoms with van der Waals surface area (Å²) in [7, 11) is 0. The third-order valence-electron chi connectivity index (χ3n) is 4.32. The van der Waals surface area contributed by atoms with Gasteiger partial charge in [0.1, 0.15) is 5.69 Å². The molecule has 4 heteroatoms. The van der Waals surface area contributed by atoms with E-state index >= 15 is 0 Å². The minimum absolute atomic E-state index is 0.189. The standard InChI is InChI=1S/C18H16ClN3/c19-14-6-9-20-15(10-14)17-21-12-16(22-17)18(7-8-18)11-13-4-2-1-3-5-13/h1-6,9-10,12H,7-8,11H2,(H,21,22). The first-order valence-electron chi connectivity index (χ1n) is 7.47. The highest BCUT2D eigenvalue weighted by atomic mass is 35.5. The van der Waals surface area contributed by atoms with Crippen LogP contribution in [0.3, 0.4) is 0 Å². The Hall–Kier alpha value is -2.13. The van der Waals surface area contributed by atoms with Crippen LogP contribution in [-0.2, 0) is 11.8 Å². The van der Waals surface area contributed by atoms with E-state index in [-0.39, 0.29) is 5.41 Å². The maximum atomic E-state index is 6.03. The van der Waals surface area contributed by atoms with Crippen molar-refractivity contribution in [1.29, 1.82) is 0 Å². The number of nitrogens with zero attached hydrogens (tertiary/aromatic N) is 2. The highest BCUT2D eigenvalue weighted by Crippen LogP contribution is 2.50. The number of hydrogen-bond donors (Lipinski definition) is 1. The van der Waals surface area contributed by atoms with Crippen LogP contribution in [0.15, 0.2) is 54.9 Å². The summed E-state index contributed by atoms with van der Waals surface area (Å²) in [5.74, 6) is 0.789. The monoisotopic (exact) mass is 309 g/mol. The second kappa shape index (κ2) is 5.25. The van der Waals surface area contributed by atoms with Gasteiger partial charge in [0.15, 0.2) is 5.82 Å². The minimum Gasteiger partial charge on any atom is -0.343 e. The molecule has 2 aromatic heterocycles. The topological polar surface area (TPSA) is 41.6 Å². The molecule has 1 aromatic carbocycles. The number of nitrogens with one attached hydrogen (secondary N) is 1. The molecule has 0 amide bonds. The van der Waals surface area contributed by atoms with Gasteiger partial charge in [0, 0.05) is 22.8 Å². The zero-order valence-corrected chi connectivity index (χ0v) is 12.8. The van der Waals surface area contributed by atoms with Crippen LogP contribution in [0.4, 0.5) is 0 Å². The second-order valence-electron chi connectivity index (χ2n) is 5.94. The Bertz CT molecular complexity index is 791. The van der Waals surface area contributed by atoms with Crippen molar-refractivity contribution in [1.82, 2.24) is 15.0 Å². The van der Waals surface area contributed by atoms with Gasteiger partial charge in [-0.1, -0.05) is 41.9 Å². The van der Waals surface area contributed by atoms with Crippen LogP contribution in [0.5, 0.6) is 0 Å². The van der Waals surface area contributed by atoms with E-state index in [2.05, 4.69) is 40.3 Å². The number of imidazole rings is 1. The fourth-order valence-corrected chi connectivity index (χ4v) is 3.08. The average Bonchev–Trinajstić information content (AvgIpc) is 3.13. The van der Waals surface area contributed by atoms with Crippen molar-refractivity contribution in [2.75, 3.05) is 0 Å².